The fourth-order valence-electron chi connectivity index (χ4n) is 2.64. The van der Waals surface area contributed by atoms with Crippen molar-refractivity contribution in [2.45, 2.75) is 4.90 Å². The average molecular weight is 400 g/mol. The fourth-order valence-corrected chi connectivity index (χ4v) is 3.90. The Labute approximate surface area is 164 Å². The van der Waals surface area contributed by atoms with E-state index in [9.17, 15) is 13.2 Å². The van der Waals surface area contributed by atoms with Crippen molar-refractivity contribution >= 4 is 27.4 Å². The first-order chi connectivity index (χ1) is 12.9. The largest absolute Gasteiger partial charge is 0.293 e. The quantitative estimate of drug-likeness (QED) is 0.573. The van der Waals surface area contributed by atoms with Crippen molar-refractivity contribution in [2.24, 2.45) is 0 Å². The van der Waals surface area contributed by atoms with E-state index in [0.29, 0.717) is 10.6 Å². The van der Waals surface area contributed by atoms with Crippen LogP contribution in [0.2, 0.25) is 5.02 Å². The molecule has 0 aliphatic carbocycles. The number of carbonyl (C=O) groups is 1. The molecule has 0 radical (unpaired) electrons. The number of halogens is 1. The van der Waals surface area contributed by atoms with Gasteiger partial charge in [-0.15, -0.1) is 0 Å². The fraction of sp³-hybridized carbons (Fsp3) is 0.0952. The zero-order chi connectivity index (χ0) is 19.4. The molecule has 0 bridgehead atoms. The molecule has 0 saturated heterocycles. The molecule has 0 spiro atoms. The first-order valence-corrected chi connectivity index (χ1v) is 10.1. The number of nitrogens with zero attached hydrogens (tertiary/aromatic N) is 1. The van der Waals surface area contributed by atoms with Gasteiger partial charge in [0.05, 0.1) is 11.4 Å². The van der Waals surface area contributed by atoms with E-state index in [-0.39, 0.29) is 17.2 Å². The Bertz CT molecular complexity index is 1030. The molecule has 3 aromatic rings. The zero-order valence-corrected chi connectivity index (χ0v) is 16.2. The van der Waals surface area contributed by atoms with Crippen molar-refractivity contribution in [2.75, 3.05) is 13.6 Å². The maximum absolute atomic E-state index is 12.6. The van der Waals surface area contributed by atoms with E-state index < -0.39 is 10.0 Å². The summed E-state index contributed by atoms with van der Waals surface area (Å²) < 4.78 is 26.2. The van der Waals surface area contributed by atoms with E-state index in [4.69, 9.17) is 11.6 Å². The van der Waals surface area contributed by atoms with E-state index >= 15 is 0 Å². The van der Waals surface area contributed by atoms with Crippen molar-refractivity contribution in [3.8, 4) is 11.1 Å². The Hall–Kier alpha value is -2.47. The highest BCUT2D eigenvalue weighted by molar-refractivity contribution is 7.89. The number of rotatable bonds is 6. The molecular weight excluding hydrogens is 382 g/mol. The molecule has 0 heterocycles. The Balaban J connectivity index is 1.73. The predicted molar refractivity (Wildman–Crippen MR) is 107 cm³/mol. The van der Waals surface area contributed by atoms with Crippen molar-refractivity contribution in [3.05, 3.63) is 89.4 Å². The van der Waals surface area contributed by atoms with E-state index in [1.165, 1.54) is 31.3 Å². The summed E-state index contributed by atoms with van der Waals surface area (Å²) in [5.41, 5.74) is 2.51. The van der Waals surface area contributed by atoms with Gasteiger partial charge in [0.15, 0.2) is 5.78 Å². The summed E-state index contributed by atoms with van der Waals surface area (Å²) in [5.74, 6) is -0.269. The van der Waals surface area contributed by atoms with Crippen molar-refractivity contribution in [1.29, 1.82) is 0 Å². The van der Waals surface area contributed by atoms with E-state index in [1.807, 2.05) is 42.5 Å². The van der Waals surface area contributed by atoms with Crippen LogP contribution >= 0.6 is 11.6 Å². The summed E-state index contributed by atoms with van der Waals surface area (Å²) in [4.78, 5) is 12.6. The summed E-state index contributed by atoms with van der Waals surface area (Å²) in [6.45, 7) is -0.240. The lowest BCUT2D eigenvalue weighted by Crippen LogP contribution is -2.32. The zero-order valence-electron chi connectivity index (χ0n) is 14.7. The van der Waals surface area contributed by atoms with Crippen LogP contribution in [0.3, 0.4) is 0 Å². The van der Waals surface area contributed by atoms with E-state index in [2.05, 4.69) is 0 Å². The topological polar surface area (TPSA) is 54.5 Å². The molecule has 0 saturated carbocycles. The number of ketones is 1. The molecule has 0 unspecified atom stereocenters. The van der Waals surface area contributed by atoms with Gasteiger partial charge in [-0.3, -0.25) is 4.79 Å². The average Bonchev–Trinajstić information content (AvgIpc) is 2.69. The molecule has 6 heteroatoms. The standard InChI is InChI=1S/C21H18ClNO3S/c1-23(27(25,26)20-13-11-19(22)12-14-20)15-21(24)18-9-7-17(8-10-18)16-5-3-2-4-6-16/h2-14H,15H2,1H3. The van der Waals surface area contributed by atoms with Crippen LogP contribution in [0.15, 0.2) is 83.8 Å². The van der Waals surface area contributed by atoms with Gasteiger partial charge in [0.25, 0.3) is 0 Å². The molecule has 4 nitrogen and oxygen atoms in total. The summed E-state index contributed by atoms with van der Waals surface area (Å²) in [6.07, 6.45) is 0. The van der Waals surface area contributed by atoms with Crippen molar-refractivity contribution < 1.29 is 13.2 Å². The number of sulfonamides is 1. The molecule has 0 N–H and O–H groups in total. The minimum absolute atomic E-state index is 0.0987. The second-order valence-corrected chi connectivity index (χ2v) is 8.56. The molecular formula is C21H18ClNO3S. The third kappa shape index (κ3) is 4.45. The highest BCUT2D eigenvalue weighted by Crippen LogP contribution is 2.21. The third-order valence-electron chi connectivity index (χ3n) is 4.20. The van der Waals surface area contributed by atoms with E-state index in [1.54, 1.807) is 12.1 Å². The lowest BCUT2D eigenvalue weighted by atomic mass is 10.0. The number of Topliss-reactive ketones (excluding diaryl/α,β-unsaturated/α-hetero) is 1. The first kappa shape index (κ1) is 19.3. The van der Waals surface area contributed by atoms with Gasteiger partial charge < -0.3 is 0 Å². The number of likely N-dealkylation sites (N-methyl/N-ethyl adjacent to an activating group) is 1. The van der Waals surface area contributed by atoms with Gasteiger partial charge in [-0.1, -0.05) is 66.2 Å². The van der Waals surface area contributed by atoms with Crippen LogP contribution in [-0.4, -0.2) is 32.1 Å². The Kier molecular flexibility index (Phi) is 5.75. The molecule has 3 aromatic carbocycles. The summed E-state index contributed by atoms with van der Waals surface area (Å²) >= 11 is 5.80. The molecule has 0 amide bonds. The third-order valence-corrected chi connectivity index (χ3v) is 6.27. The van der Waals surface area contributed by atoms with Gasteiger partial charge in [0.2, 0.25) is 10.0 Å². The molecule has 0 aliphatic heterocycles. The van der Waals surface area contributed by atoms with Gasteiger partial charge in [0, 0.05) is 17.6 Å². The highest BCUT2D eigenvalue weighted by atomic mass is 35.5. The monoisotopic (exact) mass is 399 g/mol. The van der Waals surface area contributed by atoms with Crippen LogP contribution < -0.4 is 0 Å². The summed E-state index contributed by atoms with van der Waals surface area (Å²) in [7, 11) is -2.37. The van der Waals surface area contributed by atoms with Crippen LogP contribution in [0, 0.1) is 0 Å². The predicted octanol–water partition coefficient (Wildman–Crippen LogP) is 4.51. The minimum Gasteiger partial charge on any atom is -0.293 e. The van der Waals surface area contributed by atoms with Gasteiger partial charge in [-0.25, -0.2) is 8.42 Å². The van der Waals surface area contributed by atoms with Crippen molar-refractivity contribution in [3.63, 3.8) is 0 Å². The molecule has 0 aromatic heterocycles. The lowest BCUT2D eigenvalue weighted by molar-refractivity contribution is 0.0973. The summed E-state index contributed by atoms with van der Waals surface area (Å²) in [6, 6.07) is 22.8. The Morgan fingerprint density at radius 3 is 2.00 bits per heavy atom. The van der Waals surface area contributed by atoms with Crippen LogP contribution in [0.4, 0.5) is 0 Å². The molecule has 27 heavy (non-hydrogen) atoms. The van der Waals surface area contributed by atoms with Gasteiger partial charge in [0.1, 0.15) is 0 Å². The van der Waals surface area contributed by atoms with Crippen LogP contribution in [-0.2, 0) is 10.0 Å². The van der Waals surface area contributed by atoms with Crippen LogP contribution in [0.1, 0.15) is 10.4 Å². The number of hydrogen-bond donors (Lipinski definition) is 0. The van der Waals surface area contributed by atoms with Gasteiger partial charge in [-0.2, -0.15) is 4.31 Å². The smallest absolute Gasteiger partial charge is 0.243 e. The van der Waals surface area contributed by atoms with Crippen molar-refractivity contribution in [1.82, 2.24) is 4.31 Å². The second-order valence-electron chi connectivity index (χ2n) is 6.08. The van der Waals surface area contributed by atoms with Gasteiger partial charge >= 0.3 is 0 Å². The lowest BCUT2D eigenvalue weighted by Gasteiger charge is -2.16. The second kappa shape index (κ2) is 8.05. The van der Waals surface area contributed by atoms with Crippen LogP contribution in [0.25, 0.3) is 11.1 Å². The Morgan fingerprint density at radius 1 is 0.852 bits per heavy atom. The SMILES string of the molecule is CN(CC(=O)c1ccc(-c2ccccc2)cc1)S(=O)(=O)c1ccc(Cl)cc1. The number of carbonyl (C=O) groups excluding carboxylic acids is 1. The number of hydrogen-bond acceptors (Lipinski definition) is 3. The van der Waals surface area contributed by atoms with Crippen LogP contribution in [0.5, 0.6) is 0 Å². The maximum atomic E-state index is 12.6. The number of benzene rings is 3. The maximum Gasteiger partial charge on any atom is 0.243 e. The molecule has 0 atom stereocenters. The Morgan fingerprint density at radius 2 is 1.41 bits per heavy atom. The molecule has 0 fully saturated rings. The molecule has 3 rings (SSSR count). The molecule has 0 aliphatic rings. The summed E-state index contributed by atoms with van der Waals surface area (Å²) in [5, 5.41) is 0.450. The molecule has 138 valence electrons. The van der Waals surface area contributed by atoms with E-state index in [0.717, 1.165) is 15.4 Å². The highest BCUT2D eigenvalue weighted by Gasteiger charge is 2.23. The van der Waals surface area contributed by atoms with Gasteiger partial charge in [-0.05, 0) is 35.4 Å². The first-order valence-electron chi connectivity index (χ1n) is 8.28. The minimum atomic E-state index is -3.76. The normalized spacial score (nSPS) is 11.5.